The minimum absolute atomic E-state index is 0.157. The van der Waals surface area contributed by atoms with Gasteiger partial charge in [-0.1, -0.05) is 11.8 Å². The molecular formula is C20H21N9S. The summed E-state index contributed by atoms with van der Waals surface area (Å²) in [6, 6.07) is 7.89. The lowest BCUT2D eigenvalue weighted by atomic mass is 10.0. The lowest BCUT2D eigenvalue weighted by molar-refractivity contribution is 0.769. The summed E-state index contributed by atoms with van der Waals surface area (Å²) in [4.78, 5) is 13.5. The van der Waals surface area contributed by atoms with Crippen LogP contribution in [0.5, 0.6) is 0 Å². The third kappa shape index (κ3) is 3.33. The molecule has 4 rings (SSSR count). The van der Waals surface area contributed by atoms with Crippen LogP contribution < -0.4 is 11.1 Å². The quantitative estimate of drug-likeness (QED) is 0.374. The smallest absolute Gasteiger partial charge is 0.191 e. The summed E-state index contributed by atoms with van der Waals surface area (Å²) < 4.78 is 3.85. The third-order valence-electron chi connectivity index (χ3n) is 4.97. The van der Waals surface area contributed by atoms with Crippen molar-refractivity contribution >= 4 is 34.4 Å². The number of nitriles is 1. The number of pyridine rings is 1. The van der Waals surface area contributed by atoms with E-state index in [0.717, 1.165) is 28.0 Å². The molecule has 0 aliphatic carbocycles. The number of nitrogens with two attached hydrogens (primary N) is 1. The molecule has 0 spiro atoms. The van der Waals surface area contributed by atoms with Gasteiger partial charge in [0, 0.05) is 32.1 Å². The summed E-state index contributed by atoms with van der Waals surface area (Å²) in [7, 11) is 3.89. The Morgan fingerprint density at radius 2 is 2.03 bits per heavy atom. The van der Waals surface area contributed by atoms with Crippen LogP contribution in [0.3, 0.4) is 0 Å². The Morgan fingerprint density at radius 1 is 1.23 bits per heavy atom. The highest BCUT2D eigenvalue weighted by Gasteiger charge is 2.21. The SMILES string of the molecule is CSc1nc(N)c(C#N)c(N[C@@H](C)c2nc3ccn(C)c3cc2-c2ccnn2C)n1. The van der Waals surface area contributed by atoms with Crippen molar-refractivity contribution in [3.63, 3.8) is 0 Å². The number of anilines is 2. The molecule has 0 unspecified atom stereocenters. The van der Waals surface area contributed by atoms with Gasteiger partial charge in [-0.25, -0.2) is 15.0 Å². The van der Waals surface area contributed by atoms with Crippen molar-refractivity contribution in [2.45, 2.75) is 18.1 Å². The first-order chi connectivity index (χ1) is 14.4. The van der Waals surface area contributed by atoms with Crippen molar-refractivity contribution in [2.24, 2.45) is 14.1 Å². The van der Waals surface area contributed by atoms with Crippen LogP contribution >= 0.6 is 11.8 Å². The lowest BCUT2D eigenvalue weighted by Gasteiger charge is -2.19. The van der Waals surface area contributed by atoms with Crippen LogP contribution in [-0.2, 0) is 14.1 Å². The first-order valence-electron chi connectivity index (χ1n) is 9.25. The monoisotopic (exact) mass is 419 g/mol. The van der Waals surface area contributed by atoms with Crippen LogP contribution in [0, 0.1) is 11.3 Å². The molecule has 4 aromatic heterocycles. The number of thioether (sulfide) groups is 1. The number of aromatic nitrogens is 6. The Hall–Kier alpha value is -3.58. The van der Waals surface area contributed by atoms with Crippen molar-refractivity contribution in [2.75, 3.05) is 17.3 Å². The van der Waals surface area contributed by atoms with Crippen molar-refractivity contribution < 1.29 is 0 Å². The summed E-state index contributed by atoms with van der Waals surface area (Å²) >= 11 is 1.37. The average molecular weight is 420 g/mol. The van der Waals surface area contributed by atoms with Crippen LogP contribution in [-0.4, -0.2) is 35.6 Å². The molecule has 0 amide bonds. The number of hydrogen-bond donors (Lipinski definition) is 2. The predicted molar refractivity (Wildman–Crippen MR) is 118 cm³/mol. The second-order valence-corrected chi connectivity index (χ2v) is 7.66. The van der Waals surface area contributed by atoms with E-state index in [0.29, 0.717) is 11.0 Å². The fourth-order valence-electron chi connectivity index (χ4n) is 3.41. The van der Waals surface area contributed by atoms with E-state index in [4.69, 9.17) is 10.7 Å². The molecule has 0 radical (unpaired) electrons. The summed E-state index contributed by atoms with van der Waals surface area (Å²) in [6.07, 6.45) is 5.60. The number of fused-ring (bicyclic) bond motifs is 1. The molecule has 0 aliphatic rings. The Kier molecular flexibility index (Phi) is 5.05. The van der Waals surface area contributed by atoms with E-state index < -0.39 is 0 Å². The molecule has 1 atom stereocenters. The zero-order chi connectivity index (χ0) is 21.4. The van der Waals surface area contributed by atoms with E-state index in [1.807, 2.05) is 54.9 Å². The van der Waals surface area contributed by atoms with E-state index in [-0.39, 0.29) is 17.4 Å². The minimum atomic E-state index is -0.254. The van der Waals surface area contributed by atoms with Gasteiger partial charge in [0.1, 0.15) is 17.5 Å². The Labute approximate surface area is 178 Å². The van der Waals surface area contributed by atoms with Crippen LogP contribution in [0.2, 0.25) is 0 Å². The summed E-state index contributed by atoms with van der Waals surface area (Å²) in [5.41, 5.74) is 10.8. The number of nitrogen functional groups attached to an aromatic ring is 1. The molecule has 10 heteroatoms. The van der Waals surface area contributed by atoms with Crippen molar-refractivity contribution in [1.82, 2.24) is 29.3 Å². The first kappa shape index (κ1) is 19.7. The largest absolute Gasteiger partial charge is 0.382 e. The molecule has 0 bridgehead atoms. The van der Waals surface area contributed by atoms with Gasteiger partial charge in [0.25, 0.3) is 0 Å². The van der Waals surface area contributed by atoms with Gasteiger partial charge in [-0.15, -0.1) is 0 Å². The number of hydrogen-bond acceptors (Lipinski definition) is 8. The molecule has 4 heterocycles. The third-order valence-corrected chi connectivity index (χ3v) is 5.52. The van der Waals surface area contributed by atoms with E-state index >= 15 is 0 Å². The number of aryl methyl sites for hydroxylation is 2. The lowest BCUT2D eigenvalue weighted by Crippen LogP contribution is -2.15. The highest BCUT2D eigenvalue weighted by atomic mass is 32.2. The maximum atomic E-state index is 9.54. The minimum Gasteiger partial charge on any atom is -0.382 e. The fraction of sp³-hybridized carbons (Fsp3) is 0.250. The van der Waals surface area contributed by atoms with Crippen LogP contribution in [0.15, 0.2) is 35.7 Å². The molecular weight excluding hydrogens is 398 g/mol. The van der Waals surface area contributed by atoms with E-state index in [9.17, 15) is 5.26 Å². The molecule has 0 fully saturated rings. The Balaban J connectivity index is 1.84. The van der Waals surface area contributed by atoms with E-state index in [1.165, 1.54) is 11.8 Å². The summed E-state index contributed by atoms with van der Waals surface area (Å²) in [6.45, 7) is 1.98. The molecule has 0 saturated carbocycles. The average Bonchev–Trinajstić information content (AvgIpc) is 3.32. The zero-order valence-electron chi connectivity index (χ0n) is 17.1. The normalized spacial score (nSPS) is 12.1. The molecule has 9 nitrogen and oxygen atoms in total. The number of nitrogens with one attached hydrogen (secondary N) is 1. The van der Waals surface area contributed by atoms with Gasteiger partial charge >= 0.3 is 0 Å². The maximum Gasteiger partial charge on any atom is 0.191 e. The number of nitrogens with zero attached hydrogens (tertiary/aromatic N) is 7. The molecule has 0 saturated heterocycles. The standard InChI is InChI=1S/C20H21N9S/c1-11(24-19-13(10-21)18(22)26-20(27-19)30-4)17-12(15-5-7-23-29(15)3)9-16-14(25-17)6-8-28(16)2/h5-9,11H,1-4H3,(H3,22,24,26,27)/t11-/m0/s1. The van der Waals surface area contributed by atoms with Gasteiger partial charge in [-0.2, -0.15) is 10.4 Å². The summed E-state index contributed by atoms with van der Waals surface area (Å²) in [5, 5.41) is 17.7. The molecule has 30 heavy (non-hydrogen) atoms. The van der Waals surface area contributed by atoms with E-state index in [1.54, 1.807) is 6.20 Å². The highest BCUT2D eigenvalue weighted by molar-refractivity contribution is 7.98. The topological polar surface area (TPSA) is 123 Å². The van der Waals surface area contributed by atoms with Gasteiger partial charge in [-0.3, -0.25) is 4.68 Å². The second-order valence-electron chi connectivity index (χ2n) is 6.89. The molecule has 152 valence electrons. The van der Waals surface area contributed by atoms with Gasteiger partial charge in [0.05, 0.1) is 28.5 Å². The first-order valence-corrected chi connectivity index (χ1v) is 10.5. The van der Waals surface area contributed by atoms with Gasteiger partial charge in [-0.05, 0) is 31.4 Å². The van der Waals surface area contributed by atoms with Crippen LogP contribution in [0.4, 0.5) is 11.6 Å². The zero-order valence-corrected chi connectivity index (χ0v) is 17.9. The predicted octanol–water partition coefficient (Wildman–Crippen LogP) is 3.11. The van der Waals surface area contributed by atoms with E-state index in [2.05, 4.69) is 32.5 Å². The van der Waals surface area contributed by atoms with Crippen LogP contribution in [0.25, 0.3) is 22.3 Å². The maximum absolute atomic E-state index is 9.54. The molecule has 4 aromatic rings. The summed E-state index contributed by atoms with van der Waals surface area (Å²) in [5.74, 6) is 0.553. The fourth-order valence-corrected chi connectivity index (χ4v) is 3.78. The van der Waals surface area contributed by atoms with Crippen molar-refractivity contribution in [3.8, 4) is 17.3 Å². The second kappa shape index (κ2) is 7.68. The molecule has 3 N–H and O–H groups in total. The molecule has 0 aliphatic heterocycles. The molecule has 0 aromatic carbocycles. The van der Waals surface area contributed by atoms with Gasteiger partial charge in [0.2, 0.25) is 0 Å². The Bertz CT molecular complexity index is 1280. The Morgan fingerprint density at radius 3 is 2.70 bits per heavy atom. The van der Waals surface area contributed by atoms with Crippen molar-refractivity contribution in [1.29, 1.82) is 5.26 Å². The van der Waals surface area contributed by atoms with Gasteiger partial charge in [0.15, 0.2) is 11.0 Å². The number of rotatable bonds is 5. The van der Waals surface area contributed by atoms with Crippen LogP contribution in [0.1, 0.15) is 24.2 Å². The van der Waals surface area contributed by atoms with Crippen molar-refractivity contribution in [3.05, 3.63) is 41.9 Å². The highest BCUT2D eigenvalue weighted by Crippen LogP contribution is 2.32. The van der Waals surface area contributed by atoms with Gasteiger partial charge < -0.3 is 15.6 Å².